The Labute approximate surface area is 115 Å². The van der Waals surface area contributed by atoms with E-state index in [4.69, 9.17) is 0 Å². The largest absolute Gasteiger partial charge is 0.300 e. The number of halogens is 2. The van der Waals surface area contributed by atoms with Crippen LogP contribution < -0.4 is 0 Å². The van der Waals surface area contributed by atoms with Crippen molar-refractivity contribution in [3.8, 4) is 0 Å². The zero-order valence-electron chi connectivity index (χ0n) is 10.5. The minimum atomic E-state index is -0.178. The number of ketones is 1. The fraction of sp³-hybridized carbons (Fsp3) is 0.500. The molecule has 0 aromatic heterocycles. The molecule has 1 atom stereocenters. The molecule has 4 heteroatoms. The molecule has 0 aliphatic carbocycles. The molecule has 1 fully saturated rings. The van der Waals surface area contributed by atoms with E-state index in [0.29, 0.717) is 12.1 Å². The molecule has 0 saturated carbocycles. The van der Waals surface area contributed by atoms with E-state index in [0.717, 1.165) is 30.4 Å². The molecule has 0 N–H and O–H groups in total. The maximum atomic E-state index is 13.7. The van der Waals surface area contributed by atoms with Gasteiger partial charge in [-0.05, 0) is 44.5 Å². The highest BCUT2D eigenvalue weighted by Gasteiger charge is 2.23. The third-order valence-corrected chi connectivity index (χ3v) is 3.98. The first-order chi connectivity index (χ1) is 8.56. The van der Waals surface area contributed by atoms with Gasteiger partial charge in [-0.25, -0.2) is 4.39 Å². The lowest BCUT2D eigenvalue weighted by atomic mass is 9.94. The molecular weight excluding hydrogens is 297 g/mol. The van der Waals surface area contributed by atoms with Crippen molar-refractivity contribution >= 4 is 21.7 Å². The fourth-order valence-corrected chi connectivity index (χ4v) is 2.84. The van der Waals surface area contributed by atoms with Crippen LogP contribution in [0.2, 0.25) is 0 Å². The van der Waals surface area contributed by atoms with E-state index in [2.05, 4.69) is 20.8 Å². The molecule has 1 aromatic rings. The number of piperidine rings is 1. The zero-order chi connectivity index (χ0) is 13.1. The average Bonchev–Trinajstić information content (AvgIpc) is 2.34. The number of carbonyl (C=O) groups is 1. The summed E-state index contributed by atoms with van der Waals surface area (Å²) in [6.45, 7) is 3.92. The van der Waals surface area contributed by atoms with Crippen LogP contribution in [0.5, 0.6) is 0 Å². The highest BCUT2D eigenvalue weighted by Crippen LogP contribution is 2.22. The molecule has 1 aliphatic heterocycles. The summed E-state index contributed by atoms with van der Waals surface area (Å²) < 4.78 is 14.6. The molecule has 0 radical (unpaired) electrons. The fourth-order valence-electron chi connectivity index (χ4n) is 2.44. The van der Waals surface area contributed by atoms with Crippen molar-refractivity contribution in [3.05, 3.63) is 34.1 Å². The van der Waals surface area contributed by atoms with Crippen LogP contribution >= 0.6 is 15.9 Å². The van der Waals surface area contributed by atoms with Crippen LogP contribution in [0.15, 0.2) is 22.7 Å². The Balaban J connectivity index is 2.04. The standard InChI is InChI=1S/C14H17BrFNO/c1-10(18)11-3-2-6-17(8-11)9-12-7-13(15)4-5-14(12)16/h4-5,7,11H,2-3,6,8-9H2,1H3. The molecule has 1 heterocycles. The zero-order valence-corrected chi connectivity index (χ0v) is 12.0. The second kappa shape index (κ2) is 5.93. The van der Waals surface area contributed by atoms with Crippen molar-refractivity contribution < 1.29 is 9.18 Å². The first kappa shape index (κ1) is 13.7. The number of hydrogen-bond donors (Lipinski definition) is 0. The summed E-state index contributed by atoms with van der Waals surface area (Å²) in [4.78, 5) is 13.6. The molecule has 0 spiro atoms. The Morgan fingerprint density at radius 2 is 2.33 bits per heavy atom. The Hall–Kier alpha value is -0.740. The second-order valence-corrected chi connectivity index (χ2v) is 5.84. The monoisotopic (exact) mass is 313 g/mol. The maximum Gasteiger partial charge on any atom is 0.134 e. The molecule has 18 heavy (non-hydrogen) atoms. The van der Waals surface area contributed by atoms with Crippen molar-refractivity contribution in [2.45, 2.75) is 26.3 Å². The van der Waals surface area contributed by atoms with Gasteiger partial charge in [-0.15, -0.1) is 0 Å². The van der Waals surface area contributed by atoms with Crippen LogP contribution in [0, 0.1) is 11.7 Å². The van der Waals surface area contributed by atoms with Gasteiger partial charge in [0, 0.05) is 29.0 Å². The number of Topliss-reactive ketones (excluding diaryl/α,β-unsaturated/α-hetero) is 1. The number of likely N-dealkylation sites (tertiary alicyclic amines) is 1. The summed E-state index contributed by atoms with van der Waals surface area (Å²) in [6.07, 6.45) is 1.98. The SMILES string of the molecule is CC(=O)C1CCCN(Cc2cc(Br)ccc2F)C1. The lowest BCUT2D eigenvalue weighted by molar-refractivity contribution is -0.122. The molecule has 1 unspecified atom stereocenters. The lowest BCUT2D eigenvalue weighted by Crippen LogP contribution is -2.37. The van der Waals surface area contributed by atoms with Gasteiger partial charge in [0.05, 0.1) is 0 Å². The van der Waals surface area contributed by atoms with Crippen molar-refractivity contribution in [2.24, 2.45) is 5.92 Å². The van der Waals surface area contributed by atoms with Gasteiger partial charge in [-0.1, -0.05) is 15.9 Å². The minimum Gasteiger partial charge on any atom is -0.300 e. The second-order valence-electron chi connectivity index (χ2n) is 4.92. The number of rotatable bonds is 3. The topological polar surface area (TPSA) is 20.3 Å². The van der Waals surface area contributed by atoms with Crippen LogP contribution in [0.3, 0.4) is 0 Å². The van der Waals surface area contributed by atoms with E-state index in [9.17, 15) is 9.18 Å². The van der Waals surface area contributed by atoms with E-state index >= 15 is 0 Å². The molecule has 1 saturated heterocycles. The third kappa shape index (κ3) is 3.39. The van der Waals surface area contributed by atoms with Crippen LogP contribution in [-0.2, 0) is 11.3 Å². The number of carbonyl (C=O) groups excluding carboxylic acids is 1. The van der Waals surface area contributed by atoms with Crippen LogP contribution in [0.4, 0.5) is 4.39 Å². The van der Waals surface area contributed by atoms with Gasteiger partial charge in [-0.3, -0.25) is 9.69 Å². The first-order valence-corrected chi connectivity index (χ1v) is 7.02. The number of hydrogen-bond acceptors (Lipinski definition) is 2. The number of benzene rings is 1. The predicted octanol–water partition coefficient (Wildman–Crippen LogP) is 3.39. The Kier molecular flexibility index (Phi) is 4.51. The van der Waals surface area contributed by atoms with Gasteiger partial charge in [0.1, 0.15) is 11.6 Å². The van der Waals surface area contributed by atoms with E-state index < -0.39 is 0 Å². The van der Waals surface area contributed by atoms with Gasteiger partial charge in [0.25, 0.3) is 0 Å². The predicted molar refractivity (Wildman–Crippen MR) is 72.8 cm³/mol. The van der Waals surface area contributed by atoms with Gasteiger partial charge in [-0.2, -0.15) is 0 Å². The van der Waals surface area contributed by atoms with Crippen molar-refractivity contribution in [2.75, 3.05) is 13.1 Å². The molecule has 1 aromatic carbocycles. The lowest BCUT2D eigenvalue weighted by Gasteiger charge is -2.31. The summed E-state index contributed by atoms with van der Waals surface area (Å²) in [7, 11) is 0. The highest BCUT2D eigenvalue weighted by atomic mass is 79.9. The summed E-state index contributed by atoms with van der Waals surface area (Å²) in [5.41, 5.74) is 0.688. The van der Waals surface area contributed by atoms with E-state index in [1.807, 2.05) is 6.07 Å². The quantitative estimate of drug-likeness (QED) is 0.852. The Bertz CT molecular complexity index is 449. The van der Waals surface area contributed by atoms with Crippen molar-refractivity contribution in [3.63, 3.8) is 0 Å². The van der Waals surface area contributed by atoms with Gasteiger partial charge < -0.3 is 0 Å². The third-order valence-electron chi connectivity index (χ3n) is 3.48. The smallest absolute Gasteiger partial charge is 0.134 e. The number of nitrogens with zero attached hydrogens (tertiary/aromatic N) is 1. The summed E-state index contributed by atoms with van der Waals surface area (Å²) in [5.74, 6) is 0.187. The molecule has 0 amide bonds. The van der Waals surface area contributed by atoms with Crippen molar-refractivity contribution in [1.82, 2.24) is 4.90 Å². The average molecular weight is 314 g/mol. The molecule has 98 valence electrons. The van der Waals surface area contributed by atoms with Crippen LogP contribution in [0.1, 0.15) is 25.3 Å². The molecule has 2 nitrogen and oxygen atoms in total. The summed E-state index contributed by atoms with van der Waals surface area (Å²) in [6, 6.07) is 4.99. The van der Waals surface area contributed by atoms with Crippen molar-refractivity contribution in [1.29, 1.82) is 0 Å². The van der Waals surface area contributed by atoms with Crippen LogP contribution in [0.25, 0.3) is 0 Å². The summed E-state index contributed by atoms with van der Waals surface area (Å²) >= 11 is 3.36. The molecular formula is C14H17BrFNO. The Morgan fingerprint density at radius 1 is 1.56 bits per heavy atom. The highest BCUT2D eigenvalue weighted by molar-refractivity contribution is 9.10. The van der Waals surface area contributed by atoms with Gasteiger partial charge in [0.15, 0.2) is 0 Å². The molecule has 0 bridgehead atoms. The minimum absolute atomic E-state index is 0.119. The molecule has 1 aliphatic rings. The maximum absolute atomic E-state index is 13.7. The van der Waals surface area contributed by atoms with E-state index in [-0.39, 0.29) is 17.5 Å². The first-order valence-electron chi connectivity index (χ1n) is 6.23. The van der Waals surface area contributed by atoms with Gasteiger partial charge >= 0.3 is 0 Å². The van der Waals surface area contributed by atoms with E-state index in [1.165, 1.54) is 6.07 Å². The van der Waals surface area contributed by atoms with Gasteiger partial charge in [0.2, 0.25) is 0 Å². The van der Waals surface area contributed by atoms with Crippen LogP contribution in [-0.4, -0.2) is 23.8 Å². The summed E-state index contributed by atoms with van der Waals surface area (Å²) in [5, 5.41) is 0. The van der Waals surface area contributed by atoms with E-state index in [1.54, 1.807) is 13.0 Å². The molecule has 2 rings (SSSR count). The normalized spacial score (nSPS) is 20.9. The Morgan fingerprint density at radius 3 is 3.06 bits per heavy atom.